The summed E-state index contributed by atoms with van der Waals surface area (Å²) in [5.74, 6) is 0.939. The van der Waals surface area contributed by atoms with E-state index in [1.807, 2.05) is 12.3 Å². The predicted molar refractivity (Wildman–Crippen MR) is 73.7 cm³/mol. The molecule has 2 N–H and O–H groups in total. The highest BCUT2D eigenvalue weighted by atomic mass is 16.3. The molecule has 0 spiro atoms. The summed E-state index contributed by atoms with van der Waals surface area (Å²) >= 11 is 0. The molecular weight excluding hydrogens is 226 g/mol. The number of pyridine rings is 1. The second-order valence-electron chi connectivity index (χ2n) is 5.19. The molecule has 0 aliphatic heterocycles. The van der Waals surface area contributed by atoms with Gasteiger partial charge < -0.3 is 15.3 Å². The minimum atomic E-state index is 0.158. The van der Waals surface area contributed by atoms with Crippen LogP contribution in [0.25, 0.3) is 0 Å². The summed E-state index contributed by atoms with van der Waals surface area (Å²) in [6.45, 7) is 5.91. The Morgan fingerprint density at radius 3 is 2.72 bits per heavy atom. The van der Waals surface area contributed by atoms with Crippen LogP contribution in [0, 0.1) is 0 Å². The van der Waals surface area contributed by atoms with E-state index >= 15 is 0 Å². The fourth-order valence-corrected chi connectivity index (χ4v) is 1.99. The first-order valence-corrected chi connectivity index (χ1v) is 6.76. The van der Waals surface area contributed by atoms with Crippen molar-refractivity contribution >= 4 is 5.82 Å². The molecular formula is C14H23N3O. The van der Waals surface area contributed by atoms with Crippen LogP contribution in [-0.4, -0.2) is 35.3 Å². The number of aliphatic hydroxyl groups is 1. The molecule has 0 bridgehead atoms. The van der Waals surface area contributed by atoms with Crippen LogP contribution in [0.2, 0.25) is 0 Å². The second-order valence-corrected chi connectivity index (χ2v) is 5.19. The van der Waals surface area contributed by atoms with Gasteiger partial charge in [0.25, 0.3) is 0 Å². The highest BCUT2D eigenvalue weighted by molar-refractivity contribution is 5.40. The molecule has 0 unspecified atom stereocenters. The van der Waals surface area contributed by atoms with E-state index in [1.165, 1.54) is 18.4 Å². The van der Waals surface area contributed by atoms with Gasteiger partial charge >= 0.3 is 0 Å². The fourth-order valence-electron chi connectivity index (χ4n) is 1.99. The Bertz CT molecular complexity index is 360. The highest BCUT2D eigenvalue weighted by Gasteiger charge is 2.20. The molecule has 1 fully saturated rings. The third-order valence-corrected chi connectivity index (χ3v) is 3.24. The number of nitrogens with one attached hydrogen (secondary N) is 1. The van der Waals surface area contributed by atoms with E-state index in [9.17, 15) is 0 Å². The maximum absolute atomic E-state index is 9.07. The molecule has 0 saturated heterocycles. The van der Waals surface area contributed by atoms with Crippen LogP contribution < -0.4 is 10.2 Å². The minimum Gasteiger partial charge on any atom is -0.395 e. The third-order valence-electron chi connectivity index (χ3n) is 3.24. The van der Waals surface area contributed by atoms with E-state index in [2.05, 4.69) is 35.1 Å². The largest absolute Gasteiger partial charge is 0.395 e. The molecule has 1 saturated carbocycles. The first-order chi connectivity index (χ1) is 8.70. The van der Waals surface area contributed by atoms with Gasteiger partial charge in [0.2, 0.25) is 0 Å². The Balaban J connectivity index is 1.95. The van der Waals surface area contributed by atoms with Gasteiger partial charge in [-0.1, -0.05) is 6.07 Å². The van der Waals surface area contributed by atoms with E-state index in [0.29, 0.717) is 12.6 Å². The van der Waals surface area contributed by atoms with Gasteiger partial charge in [-0.05, 0) is 38.3 Å². The molecule has 0 aromatic carbocycles. The molecule has 2 rings (SSSR count). The van der Waals surface area contributed by atoms with Crippen molar-refractivity contribution in [1.82, 2.24) is 10.3 Å². The molecule has 0 atom stereocenters. The predicted octanol–water partition coefficient (Wildman–Crippen LogP) is 1.54. The lowest BCUT2D eigenvalue weighted by atomic mass is 10.2. The summed E-state index contributed by atoms with van der Waals surface area (Å²) < 4.78 is 0. The third kappa shape index (κ3) is 3.68. The molecule has 1 aromatic rings. The van der Waals surface area contributed by atoms with Crippen LogP contribution in [0.1, 0.15) is 32.3 Å². The number of aromatic nitrogens is 1. The van der Waals surface area contributed by atoms with E-state index in [-0.39, 0.29) is 6.61 Å². The molecule has 18 heavy (non-hydrogen) atoms. The average Bonchev–Trinajstić information content (AvgIpc) is 3.18. The lowest BCUT2D eigenvalue weighted by Gasteiger charge is -2.27. The molecule has 4 nitrogen and oxygen atoms in total. The Hall–Kier alpha value is -1.13. The first kappa shape index (κ1) is 13.3. The fraction of sp³-hybridized carbons (Fsp3) is 0.643. The quantitative estimate of drug-likeness (QED) is 0.769. The smallest absolute Gasteiger partial charge is 0.128 e. The van der Waals surface area contributed by atoms with Crippen LogP contribution >= 0.6 is 0 Å². The van der Waals surface area contributed by atoms with Crippen molar-refractivity contribution in [3.8, 4) is 0 Å². The van der Waals surface area contributed by atoms with Crippen LogP contribution in [0.4, 0.5) is 5.82 Å². The van der Waals surface area contributed by atoms with Crippen molar-refractivity contribution in [3.63, 3.8) is 0 Å². The van der Waals surface area contributed by atoms with E-state index in [1.54, 1.807) is 0 Å². The van der Waals surface area contributed by atoms with Crippen LogP contribution in [-0.2, 0) is 6.54 Å². The van der Waals surface area contributed by atoms with Gasteiger partial charge in [-0.2, -0.15) is 0 Å². The zero-order valence-electron chi connectivity index (χ0n) is 11.3. The summed E-state index contributed by atoms with van der Waals surface area (Å²) in [6.07, 6.45) is 4.55. The average molecular weight is 249 g/mol. The second kappa shape index (κ2) is 6.16. The van der Waals surface area contributed by atoms with E-state index in [4.69, 9.17) is 5.11 Å². The molecule has 1 aliphatic rings. The minimum absolute atomic E-state index is 0.158. The van der Waals surface area contributed by atoms with Crippen LogP contribution in [0.5, 0.6) is 0 Å². The summed E-state index contributed by atoms with van der Waals surface area (Å²) in [5.41, 5.74) is 1.22. The summed E-state index contributed by atoms with van der Waals surface area (Å²) in [5, 5.41) is 12.6. The molecule has 0 amide bonds. The molecule has 1 aromatic heterocycles. The standard InChI is InChI=1S/C14H23N3O/c1-11(2)17(7-8-18)14-6-3-12(10-16-14)9-15-13-4-5-13/h3,6,10-11,13,15,18H,4-5,7-9H2,1-2H3. The summed E-state index contributed by atoms with van der Waals surface area (Å²) in [4.78, 5) is 6.60. The number of rotatable bonds is 7. The molecule has 4 heteroatoms. The highest BCUT2D eigenvalue weighted by Crippen LogP contribution is 2.19. The Labute approximate surface area is 109 Å². The molecule has 1 heterocycles. The maximum Gasteiger partial charge on any atom is 0.128 e. The zero-order valence-corrected chi connectivity index (χ0v) is 11.3. The normalized spacial score (nSPS) is 15.1. The van der Waals surface area contributed by atoms with Gasteiger partial charge in [-0.15, -0.1) is 0 Å². The van der Waals surface area contributed by atoms with Gasteiger partial charge in [-0.25, -0.2) is 4.98 Å². The van der Waals surface area contributed by atoms with Gasteiger partial charge in [0.15, 0.2) is 0 Å². The van der Waals surface area contributed by atoms with Gasteiger partial charge in [0.1, 0.15) is 5.82 Å². The Kier molecular flexibility index (Phi) is 4.55. The van der Waals surface area contributed by atoms with Crippen molar-refractivity contribution in [2.24, 2.45) is 0 Å². The molecule has 1 aliphatic carbocycles. The van der Waals surface area contributed by atoms with E-state index < -0.39 is 0 Å². The van der Waals surface area contributed by atoms with E-state index in [0.717, 1.165) is 18.4 Å². The van der Waals surface area contributed by atoms with Crippen LogP contribution in [0.3, 0.4) is 0 Å². The Morgan fingerprint density at radius 1 is 1.44 bits per heavy atom. The van der Waals surface area contributed by atoms with Crippen molar-refractivity contribution in [3.05, 3.63) is 23.9 Å². The number of anilines is 1. The maximum atomic E-state index is 9.07. The van der Waals surface area contributed by atoms with Gasteiger partial charge in [0.05, 0.1) is 6.61 Å². The lowest BCUT2D eigenvalue weighted by Crippen LogP contribution is -2.34. The van der Waals surface area contributed by atoms with Crippen molar-refractivity contribution < 1.29 is 5.11 Å². The Morgan fingerprint density at radius 2 is 2.22 bits per heavy atom. The lowest BCUT2D eigenvalue weighted by molar-refractivity contribution is 0.298. The summed E-state index contributed by atoms with van der Waals surface area (Å²) in [7, 11) is 0. The number of hydrogen-bond acceptors (Lipinski definition) is 4. The zero-order chi connectivity index (χ0) is 13.0. The van der Waals surface area contributed by atoms with Gasteiger partial charge in [0, 0.05) is 31.4 Å². The van der Waals surface area contributed by atoms with Crippen molar-refractivity contribution in [2.75, 3.05) is 18.1 Å². The van der Waals surface area contributed by atoms with Crippen molar-refractivity contribution in [2.45, 2.75) is 45.3 Å². The SMILES string of the molecule is CC(C)N(CCO)c1ccc(CNC2CC2)cn1. The molecule has 0 radical (unpaired) electrons. The first-order valence-electron chi connectivity index (χ1n) is 6.76. The number of aliphatic hydroxyl groups excluding tert-OH is 1. The number of hydrogen-bond donors (Lipinski definition) is 2. The summed E-state index contributed by atoms with van der Waals surface area (Å²) in [6, 6.07) is 5.23. The van der Waals surface area contributed by atoms with Crippen LogP contribution in [0.15, 0.2) is 18.3 Å². The van der Waals surface area contributed by atoms with Crippen molar-refractivity contribution in [1.29, 1.82) is 0 Å². The monoisotopic (exact) mass is 249 g/mol. The number of nitrogens with zero attached hydrogens (tertiary/aromatic N) is 2. The topological polar surface area (TPSA) is 48.4 Å². The van der Waals surface area contributed by atoms with Gasteiger partial charge in [-0.3, -0.25) is 0 Å². The molecule has 100 valence electrons.